The van der Waals surface area contributed by atoms with Gasteiger partial charge in [0.1, 0.15) is 17.9 Å². The van der Waals surface area contributed by atoms with Crippen molar-refractivity contribution in [2.75, 3.05) is 11.5 Å². The third-order valence-electron chi connectivity index (χ3n) is 3.20. The van der Waals surface area contributed by atoms with Crippen molar-refractivity contribution < 1.29 is 14.3 Å². The average Bonchev–Trinajstić information content (AvgIpc) is 3.03. The molecule has 0 saturated heterocycles. The molecule has 9 nitrogen and oxygen atoms in total. The van der Waals surface area contributed by atoms with Crippen molar-refractivity contribution in [3.05, 3.63) is 51.7 Å². The van der Waals surface area contributed by atoms with Gasteiger partial charge in [0.2, 0.25) is 11.9 Å². The Bertz CT molecular complexity index is 910. The number of aromatic nitrogens is 4. The van der Waals surface area contributed by atoms with Gasteiger partial charge in [-0.2, -0.15) is 15.0 Å². The number of anilines is 2. The van der Waals surface area contributed by atoms with Gasteiger partial charge in [-0.3, -0.25) is 0 Å². The highest BCUT2D eigenvalue weighted by atomic mass is 32.1. The first-order valence-electron chi connectivity index (χ1n) is 7.57. The second-order valence-corrected chi connectivity index (χ2v) is 6.25. The zero-order valence-corrected chi connectivity index (χ0v) is 14.7. The van der Waals surface area contributed by atoms with E-state index in [1.165, 1.54) is 11.3 Å². The topological polar surface area (TPSA) is 139 Å². The maximum atomic E-state index is 12.4. The first-order chi connectivity index (χ1) is 12.5. The quantitative estimate of drug-likeness (QED) is 0.619. The molecular formula is C16H16N6O3S. The number of hydrogen-bond donors (Lipinski definition) is 2. The summed E-state index contributed by atoms with van der Waals surface area (Å²) in [6.07, 6.45) is 0. The number of ether oxygens (including phenoxy) is 2. The molecule has 3 rings (SSSR count). The molecule has 0 fully saturated rings. The zero-order chi connectivity index (χ0) is 18.5. The molecule has 10 heteroatoms. The Balaban J connectivity index is 1.67. The number of nitrogen functional groups attached to an aromatic ring is 2. The maximum Gasteiger partial charge on any atom is 0.342 e. The number of nitrogens with zero attached hydrogens (tertiary/aromatic N) is 4. The van der Waals surface area contributed by atoms with Crippen molar-refractivity contribution in [1.82, 2.24) is 19.9 Å². The lowest BCUT2D eigenvalue weighted by Gasteiger charge is -2.10. The van der Waals surface area contributed by atoms with Crippen molar-refractivity contribution >= 4 is 29.2 Å². The molecule has 2 heterocycles. The highest BCUT2D eigenvalue weighted by Crippen LogP contribution is 2.21. The van der Waals surface area contributed by atoms with Crippen molar-refractivity contribution in [2.45, 2.75) is 20.1 Å². The summed E-state index contributed by atoms with van der Waals surface area (Å²) in [5.41, 5.74) is 12.1. The van der Waals surface area contributed by atoms with Crippen LogP contribution in [0.25, 0.3) is 0 Å². The van der Waals surface area contributed by atoms with Crippen LogP contribution in [0.5, 0.6) is 5.75 Å². The van der Waals surface area contributed by atoms with Gasteiger partial charge in [-0.05, 0) is 19.1 Å². The highest BCUT2D eigenvalue weighted by molar-refractivity contribution is 7.09. The minimum Gasteiger partial charge on any atom is -0.486 e. The summed E-state index contributed by atoms with van der Waals surface area (Å²) in [6, 6.07) is 6.79. The first-order valence-corrected chi connectivity index (χ1v) is 8.45. The van der Waals surface area contributed by atoms with E-state index >= 15 is 0 Å². The first kappa shape index (κ1) is 17.5. The molecule has 134 valence electrons. The Morgan fingerprint density at radius 2 is 1.81 bits per heavy atom. The molecule has 0 bridgehead atoms. The number of nitrogens with two attached hydrogens (primary N) is 2. The van der Waals surface area contributed by atoms with Gasteiger partial charge in [-0.1, -0.05) is 12.1 Å². The molecule has 0 unspecified atom stereocenters. The molecule has 2 aromatic heterocycles. The second kappa shape index (κ2) is 7.74. The Labute approximate surface area is 153 Å². The van der Waals surface area contributed by atoms with Crippen molar-refractivity contribution in [3.8, 4) is 5.75 Å². The number of rotatable bonds is 6. The largest absolute Gasteiger partial charge is 0.486 e. The monoisotopic (exact) mass is 372 g/mol. The van der Waals surface area contributed by atoms with Crippen LogP contribution >= 0.6 is 11.3 Å². The van der Waals surface area contributed by atoms with Crippen LogP contribution in [-0.4, -0.2) is 25.9 Å². The number of hydrogen-bond acceptors (Lipinski definition) is 10. The lowest BCUT2D eigenvalue weighted by molar-refractivity contribution is 0.0457. The Morgan fingerprint density at radius 1 is 1.08 bits per heavy atom. The summed E-state index contributed by atoms with van der Waals surface area (Å²) in [4.78, 5) is 28.1. The van der Waals surface area contributed by atoms with Crippen LogP contribution in [0.1, 0.15) is 26.9 Å². The lowest BCUT2D eigenvalue weighted by atomic mass is 10.2. The minimum absolute atomic E-state index is 0.0363. The van der Waals surface area contributed by atoms with Gasteiger partial charge >= 0.3 is 5.97 Å². The van der Waals surface area contributed by atoms with Crippen molar-refractivity contribution in [2.24, 2.45) is 0 Å². The molecule has 0 radical (unpaired) electrons. The van der Waals surface area contributed by atoms with E-state index in [2.05, 4.69) is 19.9 Å². The predicted octanol–water partition coefficient (Wildman–Crippen LogP) is 1.74. The summed E-state index contributed by atoms with van der Waals surface area (Å²) in [6.45, 7) is 1.99. The second-order valence-electron chi connectivity index (χ2n) is 5.19. The highest BCUT2D eigenvalue weighted by Gasteiger charge is 2.15. The van der Waals surface area contributed by atoms with E-state index in [0.717, 1.165) is 10.7 Å². The fraction of sp³-hybridized carbons (Fsp3) is 0.188. The van der Waals surface area contributed by atoms with Gasteiger partial charge in [0.25, 0.3) is 0 Å². The fourth-order valence-electron chi connectivity index (χ4n) is 2.12. The normalized spacial score (nSPS) is 10.5. The molecule has 4 N–H and O–H groups in total. The maximum absolute atomic E-state index is 12.4. The number of carbonyl (C=O) groups is 1. The molecule has 0 spiro atoms. The average molecular weight is 372 g/mol. The van der Waals surface area contributed by atoms with E-state index in [1.807, 2.05) is 12.3 Å². The molecule has 26 heavy (non-hydrogen) atoms. The van der Waals surface area contributed by atoms with Crippen LogP contribution in [0.4, 0.5) is 11.9 Å². The van der Waals surface area contributed by atoms with Crippen LogP contribution < -0.4 is 16.2 Å². The molecule has 0 amide bonds. The van der Waals surface area contributed by atoms with Crippen molar-refractivity contribution in [1.29, 1.82) is 0 Å². The van der Waals surface area contributed by atoms with E-state index in [1.54, 1.807) is 24.3 Å². The number of benzene rings is 1. The van der Waals surface area contributed by atoms with Crippen LogP contribution in [0, 0.1) is 6.92 Å². The molecular weight excluding hydrogens is 356 g/mol. The van der Waals surface area contributed by atoms with Gasteiger partial charge in [0.15, 0.2) is 12.4 Å². The molecule has 0 aliphatic rings. The minimum atomic E-state index is -0.576. The third-order valence-corrected chi connectivity index (χ3v) is 4.02. The molecule has 0 saturated carbocycles. The Morgan fingerprint density at radius 3 is 2.50 bits per heavy atom. The number of carbonyl (C=O) groups excluding carboxylic acids is 1. The summed E-state index contributed by atoms with van der Waals surface area (Å²) >= 11 is 1.54. The molecule has 0 aliphatic heterocycles. The van der Waals surface area contributed by atoms with Crippen molar-refractivity contribution in [3.63, 3.8) is 0 Å². The molecule has 3 aromatic rings. The Hall–Kier alpha value is -3.27. The van der Waals surface area contributed by atoms with E-state index in [4.69, 9.17) is 20.9 Å². The molecule has 0 atom stereocenters. The standard InChI is InChI=1S/C16H16N6O3S/c1-9-19-10(8-26-9)6-24-12-5-3-2-4-11(12)14(23)25-7-13-20-15(17)22-16(18)21-13/h2-5,8H,6-7H2,1H3,(H4,17,18,20,21,22). The van der Waals surface area contributed by atoms with Gasteiger partial charge in [-0.25, -0.2) is 9.78 Å². The van der Waals surface area contributed by atoms with E-state index in [9.17, 15) is 4.79 Å². The van der Waals surface area contributed by atoms with Gasteiger partial charge < -0.3 is 20.9 Å². The predicted molar refractivity (Wildman–Crippen MR) is 95.4 cm³/mol. The summed E-state index contributed by atoms with van der Waals surface area (Å²) < 4.78 is 10.9. The van der Waals surface area contributed by atoms with Gasteiger partial charge in [-0.15, -0.1) is 11.3 Å². The fourth-order valence-corrected chi connectivity index (χ4v) is 2.71. The molecule has 1 aromatic carbocycles. The van der Waals surface area contributed by atoms with Crippen LogP contribution in [0.3, 0.4) is 0 Å². The van der Waals surface area contributed by atoms with E-state index in [-0.39, 0.29) is 36.5 Å². The summed E-state index contributed by atoms with van der Waals surface area (Å²) in [5, 5.41) is 2.86. The smallest absolute Gasteiger partial charge is 0.342 e. The number of esters is 1. The SMILES string of the molecule is Cc1nc(COc2ccccc2C(=O)OCc2nc(N)nc(N)n2)cs1. The van der Waals surface area contributed by atoms with Crippen LogP contribution in [0.2, 0.25) is 0 Å². The third kappa shape index (κ3) is 4.42. The number of para-hydroxylation sites is 1. The Kier molecular flexibility index (Phi) is 5.23. The van der Waals surface area contributed by atoms with Crippen LogP contribution in [-0.2, 0) is 18.0 Å². The van der Waals surface area contributed by atoms with E-state index in [0.29, 0.717) is 5.75 Å². The summed E-state index contributed by atoms with van der Waals surface area (Å²) in [7, 11) is 0. The number of thiazole rings is 1. The van der Waals surface area contributed by atoms with Crippen LogP contribution in [0.15, 0.2) is 29.6 Å². The summed E-state index contributed by atoms with van der Waals surface area (Å²) in [5.74, 6) is -0.0817. The van der Waals surface area contributed by atoms with Gasteiger partial charge in [0, 0.05) is 5.38 Å². The van der Waals surface area contributed by atoms with Gasteiger partial charge in [0.05, 0.1) is 10.7 Å². The molecule has 0 aliphatic carbocycles. The lowest BCUT2D eigenvalue weighted by Crippen LogP contribution is -2.12. The van der Waals surface area contributed by atoms with E-state index < -0.39 is 5.97 Å². The number of aryl methyl sites for hydroxylation is 1. The zero-order valence-electron chi connectivity index (χ0n) is 13.9.